The van der Waals surface area contributed by atoms with Crippen LogP contribution in [0.5, 0.6) is 17.2 Å². The molecule has 1 spiro atoms. The summed E-state index contributed by atoms with van der Waals surface area (Å²) in [5, 5.41) is 21.4. The zero-order valence-electron chi connectivity index (χ0n) is 32.7. The van der Waals surface area contributed by atoms with Crippen LogP contribution in [0.15, 0.2) is 41.5 Å². The molecule has 3 saturated carbocycles. The number of fused-ring (bicyclic) bond motifs is 2. The SMILES string of the molecule is CC(C)=CCC[C@]1(C)C=Cc2c(O)c3c(c(CC=C(C)C)c2O1)O[C@]12C(C3=O)C(N3CCOCC3)[C@@H]3CC1C(C)(C)O[C@@]2(C/C=C/C(=O)OCCO)C3=O. The van der Waals surface area contributed by atoms with Crippen LogP contribution in [-0.4, -0.2) is 101 Å². The molecule has 54 heavy (non-hydrogen) atoms. The van der Waals surface area contributed by atoms with Gasteiger partial charge in [-0.25, -0.2) is 4.79 Å². The molecule has 2 N–H and O–H groups in total. The van der Waals surface area contributed by atoms with Crippen LogP contribution in [0.1, 0.15) is 95.6 Å². The van der Waals surface area contributed by atoms with Crippen LogP contribution in [0.3, 0.4) is 0 Å². The summed E-state index contributed by atoms with van der Waals surface area (Å²) < 4.78 is 32.1. The lowest BCUT2D eigenvalue weighted by Gasteiger charge is -2.64. The number of aromatic hydroxyl groups is 1. The topological polar surface area (TPSA) is 141 Å². The van der Waals surface area contributed by atoms with E-state index < -0.39 is 46.3 Å². The highest BCUT2D eigenvalue weighted by atomic mass is 16.6. The van der Waals surface area contributed by atoms with Crippen molar-refractivity contribution in [1.82, 2.24) is 4.90 Å². The van der Waals surface area contributed by atoms with Crippen molar-refractivity contribution in [3.8, 4) is 17.2 Å². The summed E-state index contributed by atoms with van der Waals surface area (Å²) in [6.07, 6.45) is 13.1. The first-order chi connectivity index (χ1) is 25.6. The second-order valence-corrected chi connectivity index (χ2v) is 17.0. The van der Waals surface area contributed by atoms with Gasteiger partial charge in [-0.3, -0.25) is 14.5 Å². The van der Waals surface area contributed by atoms with E-state index in [1.807, 2.05) is 46.8 Å². The number of rotatable bonds is 11. The summed E-state index contributed by atoms with van der Waals surface area (Å²) in [7, 11) is 0. The molecule has 4 aliphatic heterocycles. The number of hydrogen-bond donors (Lipinski definition) is 2. The molecule has 5 fully saturated rings. The zero-order valence-corrected chi connectivity index (χ0v) is 32.7. The Labute approximate surface area is 318 Å². The van der Waals surface area contributed by atoms with Gasteiger partial charge < -0.3 is 33.9 Å². The van der Waals surface area contributed by atoms with Gasteiger partial charge in [0.15, 0.2) is 22.8 Å². The Morgan fingerprint density at radius 1 is 1.04 bits per heavy atom. The maximum atomic E-state index is 15.6. The van der Waals surface area contributed by atoms with E-state index in [9.17, 15) is 9.90 Å². The number of aliphatic hydroxyl groups excluding tert-OH is 1. The number of esters is 1. The molecule has 2 saturated heterocycles. The fourth-order valence-corrected chi connectivity index (χ4v) is 10.2. The Bertz CT molecular complexity index is 1840. The molecule has 292 valence electrons. The number of phenols is 1. The number of hydrogen-bond acceptors (Lipinski definition) is 11. The van der Waals surface area contributed by atoms with E-state index in [-0.39, 0.29) is 54.2 Å². The predicted molar refractivity (Wildman–Crippen MR) is 202 cm³/mol. The van der Waals surface area contributed by atoms with E-state index in [0.29, 0.717) is 62.4 Å². The van der Waals surface area contributed by atoms with Crippen LogP contribution in [0, 0.1) is 17.8 Å². The van der Waals surface area contributed by atoms with Crippen molar-refractivity contribution in [3.63, 3.8) is 0 Å². The van der Waals surface area contributed by atoms with E-state index in [1.165, 1.54) is 11.6 Å². The molecule has 4 bridgehead atoms. The summed E-state index contributed by atoms with van der Waals surface area (Å²) in [5.41, 5.74) is -1.23. The summed E-state index contributed by atoms with van der Waals surface area (Å²) in [6.45, 7) is 15.6. The first-order valence-electron chi connectivity index (χ1n) is 19.4. The van der Waals surface area contributed by atoms with Crippen LogP contribution < -0.4 is 9.47 Å². The zero-order chi connectivity index (χ0) is 38.8. The Morgan fingerprint density at radius 2 is 1.76 bits per heavy atom. The van der Waals surface area contributed by atoms with Crippen molar-refractivity contribution in [1.29, 1.82) is 0 Å². The van der Waals surface area contributed by atoms with Gasteiger partial charge in [0.1, 0.15) is 35.0 Å². The van der Waals surface area contributed by atoms with Gasteiger partial charge in [-0.2, -0.15) is 0 Å². The lowest BCUT2D eigenvalue weighted by atomic mass is 9.44. The van der Waals surface area contributed by atoms with Crippen LogP contribution in [0.4, 0.5) is 0 Å². The highest BCUT2D eigenvalue weighted by Gasteiger charge is 2.85. The van der Waals surface area contributed by atoms with E-state index in [0.717, 1.165) is 12.0 Å². The molecule has 11 heteroatoms. The molecule has 1 aromatic carbocycles. The van der Waals surface area contributed by atoms with Gasteiger partial charge in [-0.1, -0.05) is 29.4 Å². The molecule has 3 unspecified atom stereocenters. The summed E-state index contributed by atoms with van der Waals surface area (Å²) in [6, 6.07) is -0.510. The standard InChI is InChI=1S/C43H55NO10/c1-25(2)10-8-15-41(7)17-14-27-35(47)32-36(48)33-34(44-18-21-50-22-19-44)29-24-30-40(5,6)54-42(39(29)49,16-9-11-31(46)51-23-20-45)43(30,33)53-38(32)28(37(27)52-41)13-12-26(3)4/h9-12,14,17,29-30,33-34,45,47H,8,13,15-16,18-24H2,1-7H3/b11-9+/t29-,30?,33?,34?,41+,42-,43-/m0/s1. The third-order valence-electron chi connectivity index (χ3n) is 12.5. The predicted octanol–water partition coefficient (Wildman–Crippen LogP) is 5.69. The Balaban J connectivity index is 1.44. The number of ketones is 2. The van der Waals surface area contributed by atoms with E-state index >= 15 is 9.59 Å². The van der Waals surface area contributed by atoms with Crippen molar-refractivity contribution < 1.29 is 48.3 Å². The summed E-state index contributed by atoms with van der Waals surface area (Å²) in [4.78, 5) is 45.6. The van der Waals surface area contributed by atoms with Gasteiger partial charge >= 0.3 is 5.97 Å². The van der Waals surface area contributed by atoms with Crippen molar-refractivity contribution >= 4 is 23.6 Å². The van der Waals surface area contributed by atoms with Gasteiger partial charge in [-0.05, 0) is 86.3 Å². The van der Waals surface area contributed by atoms with Gasteiger partial charge in [-0.15, -0.1) is 0 Å². The minimum absolute atomic E-state index is 0.0344. The molecule has 0 radical (unpaired) electrons. The quantitative estimate of drug-likeness (QED) is 0.164. The van der Waals surface area contributed by atoms with Crippen LogP contribution in [-0.2, 0) is 30.2 Å². The first kappa shape index (κ1) is 38.5. The third-order valence-corrected chi connectivity index (χ3v) is 12.5. The minimum atomic E-state index is -1.63. The average molecular weight is 746 g/mol. The van der Waals surface area contributed by atoms with Crippen molar-refractivity contribution in [2.24, 2.45) is 17.8 Å². The summed E-state index contributed by atoms with van der Waals surface area (Å²) in [5.74, 6) is -2.41. The Hall–Kier alpha value is -3.77. The van der Waals surface area contributed by atoms with Gasteiger partial charge in [0.05, 0.1) is 36.9 Å². The number of benzene rings is 1. The highest BCUT2D eigenvalue weighted by molar-refractivity contribution is 6.10. The number of carbonyl (C=O) groups excluding carboxylic acids is 3. The van der Waals surface area contributed by atoms with Crippen LogP contribution >= 0.6 is 0 Å². The maximum absolute atomic E-state index is 15.6. The molecule has 7 aliphatic rings. The second-order valence-electron chi connectivity index (χ2n) is 17.0. The molecule has 8 rings (SSSR count). The van der Waals surface area contributed by atoms with Crippen LogP contribution in [0.2, 0.25) is 0 Å². The number of phenolic OH excluding ortho intramolecular Hbond substituents is 1. The molecular weight excluding hydrogens is 690 g/mol. The monoisotopic (exact) mass is 745 g/mol. The molecule has 4 heterocycles. The van der Waals surface area contributed by atoms with E-state index in [4.69, 9.17) is 28.8 Å². The normalized spacial score (nSPS) is 33.0. The number of Topliss-reactive ketones (excluding diaryl/α,β-unsaturated/α-hetero) is 2. The first-order valence-corrected chi connectivity index (χ1v) is 19.4. The fraction of sp³-hybridized carbons (Fsp3) is 0.605. The molecule has 7 atom stereocenters. The van der Waals surface area contributed by atoms with Crippen LogP contribution in [0.25, 0.3) is 6.08 Å². The molecule has 11 nitrogen and oxygen atoms in total. The Kier molecular flexibility index (Phi) is 10.0. The molecule has 0 aromatic heterocycles. The van der Waals surface area contributed by atoms with E-state index in [1.54, 1.807) is 6.08 Å². The minimum Gasteiger partial charge on any atom is -0.506 e. The van der Waals surface area contributed by atoms with Crippen molar-refractivity contribution in [2.45, 2.75) is 109 Å². The highest BCUT2D eigenvalue weighted by Crippen LogP contribution is 2.71. The molecule has 1 aromatic rings. The number of nitrogens with zero attached hydrogens (tertiary/aromatic N) is 1. The van der Waals surface area contributed by atoms with Crippen molar-refractivity contribution in [2.75, 3.05) is 39.5 Å². The Morgan fingerprint density at radius 3 is 2.44 bits per heavy atom. The molecular formula is C43H55NO10. The van der Waals surface area contributed by atoms with Gasteiger partial charge in [0.2, 0.25) is 0 Å². The number of allylic oxidation sites excluding steroid dienone is 4. The molecule has 3 aliphatic carbocycles. The number of morpholine rings is 1. The maximum Gasteiger partial charge on any atom is 0.330 e. The number of aliphatic hydroxyl groups is 1. The average Bonchev–Trinajstić information content (AvgIpc) is 3.26. The summed E-state index contributed by atoms with van der Waals surface area (Å²) >= 11 is 0. The second kappa shape index (κ2) is 14.1. The van der Waals surface area contributed by atoms with Gasteiger partial charge in [0.25, 0.3) is 0 Å². The van der Waals surface area contributed by atoms with Crippen molar-refractivity contribution in [3.05, 3.63) is 58.2 Å². The lowest BCUT2D eigenvalue weighted by molar-refractivity contribution is -0.215. The largest absolute Gasteiger partial charge is 0.506 e. The smallest absolute Gasteiger partial charge is 0.330 e. The number of ether oxygens (including phenoxy) is 5. The van der Waals surface area contributed by atoms with E-state index in [2.05, 4.69) is 30.9 Å². The lowest BCUT2D eigenvalue weighted by Crippen LogP contribution is -2.82. The van der Waals surface area contributed by atoms with Gasteiger partial charge in [0, 0.05) is 49.0 Å². The fourth-order valence-electron chi connectivity index (χ4n) is 10.2. The molecule has 0 amide bonds. The third kappa shape index (κ3) is 5.97. The number of carbonyl (C=O) groups is 3.